The highest BCUT2D eigenvalue weighted by molar-refractivity contribution is 8.00. The van der Waals surface area contributed by atoms with Gasteiger partial charge >= 0.3 is 6.18 Å². The number of alkyl halides is 3. The van der Waals surface area contributed by atoms with Gasteiger partial charge in [0.2, 0.25) is 11.7 Å². The van der Waals surface area contributed by atoms with E-state index in [0.29, 0.717) is 17.2 Å². The molecule has 8 heteroatoms. The van der Waals surface area contributed by atoms with E-state index >= 15 is 0 Å². The lowest BCUT2D eigenvalue weighted by molar-refractivity contribution is -0.145. The maximum Gasteiger partial charge on any atom is 0.451 e. The lowest BCUT2D eigenvalue weighted by atomic mass is 10.1. The van der Waals surface area contributed by atoms with Gasteiger partial charge in [-0.3, -0.25) is 4.79 Å². The maximum atomic E-state index is 13.0. The molecule has 0 atom stereocenters. The summed E-state index contributed by atoms with van der Waals surface area (Å²) in [7, 11) is 0. The van der Waals surface area contributed by atoms with E-state index in [2.05, 4.69) is 15.3 Å². The Morgan fingerprint density at radius 2 is 1.81 bits per heavy atom. The van der Waals surface area contributed by atoms with Crippen LogP contribution in [-0.2, 0) is 11.0 Å². The van der Waals surface area contributed by atoms with E-state index in [1.54, 1.807) is 18.2 Å². The SMILES string of the molecule is O=C(CSc1nc(C(F)(F)F)nc2ccccc12)NC(C1CC1)C1CC1. The minimum Gasteiger partial charge on any atom is -0.352 e. The van der Waals surface area contributed by atoms with Crippen molar-refractivity contribution in [3.05, 3.63) is 30.1 Å². The molecule has 1 amide bonds. The molecule has 1 heterocycles. The number of halogens is 3. The van der Waals surface area contributed by atoms with Crippen molar-refractivity contribution in [1.29, 1.82) is 0 Å². The lowest BCUT2D eigenvalue weighted by Crippen LogP contribution is -2.39. The molecule has 0 radical (unpaired) electrons. The average Bonchev–Trinajstić information content (AvgIpc) is 3.49. The molecule has 2 fully saturated rings. The first kappa shape index (κ1) is 17.6. The summed E-state index contributed by atoms with van der Waals surface area (Å²) in [6, 6.07) is 6.78. The van der Waals surface area contributed by atoms with Crippen molar-refractivity contribution < 1.29 is 18.0 Å². The molecule has 0 unspecified atom stereocenters. The molecule has 0 saturated heterocycles. The van der Waals surface area contributed by atoms with Gasteiger partial charge in [0.15, 0.2) is 0 Å². The van der Waals surface area contributed by atoms with Gasteiger partial charge in [0, 0.05) is 11.4 Å². The zero-order valence-electron chi connectivity index (χ0n) is 13.9. The van der Waals surface area contributed by atoms with Crippen LogP contribution >= 0.6 is 11.8 Å². The van der Waals surface area contributed by atoms with Crippen molar-refractivity contribution >= 4 is 28.6 Å². The van der Waals surface area contributed by atoms with Crippen LogP contribution in [0, 0.1) is 11.8 Å². The van der Waals surface area contributed by atoms with Crippen molar-refractivity contribution in [1.82, 2.24) is 15.3 Å². The van der Waals surface area contributed by atoms with Gasteiger partial charge in [-0.25, -0.2) is 9.97 Å². The monoisotopic (exact) mass is 381 g/mol. The Hall–Kier alpha value is -1.83. The number of carbonyl (C=O) groups excluding carboxylic acids is 1. The first-order valence-electron chi connectivity index (χ1n) is 8.68. The van der Waals surface area contributed by atoms with E-state index < -0.39 is 12.0 Å². The Bertz CT molecular complexity index is 822. The third-order valence-electron chi connectivity index (χ3n) is 4.75. The Labute approximate surface area is 153 Å². The van der Waals surface area contributed by atoms with Crippen molar-refractivity contribution in [2.45, 2.75) is 42.9 Å². The Balaban J connectivity index is 1.50. The van der Waals surface area contributed by atoms with Gasteiger partial charge in [0.05, 0.1) is 11.3 Å². The zero-order valence-corrected chi connectivity index (χ0v) is 14.7. The molecule has 0 aliphatic heterocycles. The average molecular weight is 381 g/mol. The number of nitrogens with zero attached hydrogens (tertiary/aromatic N) is 2. The molecule has 4 nitrogen and oxygen atoms in total. The summed E-state index contributed by atoms with van der Waals surface area (Å²) in [5.41, 5.74) is 0.228. The number of thioether (sulfide) groups is 1. The summed E-state index contributed by atoms with van der Waals surface area (Å²) in [4.78, 5) is 19.6. The molecule has 2 aliphatic carbocycles. The first-order valence-corrected chi connectivity index (χ1v) is 9.66. The van der Waals surface area contributed by atoms with E-state index in [4.69, 9.17) is 0 Å². The van der Waals surface area contributed by atoms with Gasteiger partial charge in [-0.1, -0.05) is 30.0 Å². The smallest absolute Gasteiger partial charge is 0.352 e. The molecule has 0 spiro atoms. The highest BCUT2D eigenvalue weighted by Gasteiger charge is 2.42. The van der Waals surface area contributed by atoms with Gasteiger partial charge in [-0.2, -0.15) is 13.2 Å². The number of rotatable bonds is 6. The number of fused-ring (bicyclic) bond motifs is 1. The van der Waals surface area contributed by atoms with Gasteiger partial charge in [0.25, 0.3) is 0 Å². The number of carbonyl (C=O) groups is 1. The van der Waals surface area contributed by atoms with Crippen LogP contribution in [0.3, 0.4) is 0 Å². The standard InChI is InChI=1S/C18H18F3N3OS/c19-18(20,21)17-22-13-4-2-1-3-12(13)16(24-17)26-9-14(25)23-15(10-5-6-10)11-7-8-11/h1-4,10-11,15H,5-9H2,(H,23,25). The number of aromatic nitrogens is 2. The second-order valence-electron chi connectivity index (χ2n) is 6.92. The Morgan fingerprint density at radius 1 is 1.15 bits per heavy atom. The summed E-state index contributed by atoms with van der Waals surface area (Å²) in [5.74, 6) is -0.113. The zero-order chi connectivity index (χ0) is 18.3. The van der Waals surface area contributed by atoms with Crippen LogP contribution in [-0.4, -0.2) is 27.7 Å². The molecule has 1 aromatic carbocycles. The van der Waals surface area contributed by atoms with Gasteiger partial charge in [0.1, 0.15) is 5.03 Å². The van der Waals surface area contributed by atoms with E-state index in [-0.39, 0.29) is 28.2 Å². The number of nitrogens with one attached hydrogen (secondary N) is 1. The largest absolute Gasteiger partial charge is 0.451 e. The summed E-state index contributed by atoms with van der Waals surface area (Å²) in [6.45, 7) is 0. The molecule has 4 rings (SSSR count). The second-order valence-corrected chi connectivity index (χ2v) is 7.89. The third kappa shape index (κ3) is 3.95. The first-order chi connectivity index (χ1) is 12.4. The van der Waals surface area contributed by atoms with Crippen LogP contribution in [0.25, 0.3) is 10.9 Å². The fraction of sp³-hybridized carbons (Fsp3) is 0.500. The second kappa shape index (κ2) is 6.72. The summed E-state index contributed by atoms with van der Waals surface area (Å²) in [6.07, 6.45) is -0.00897. The van der Waals surface area contributed by atoms with Crippen LogP contribution in [0.5, 0.6) is 0 Å². The van der Waals surface area contributed by atoms with Gasteiger partial charge in [-0.15, -0.1) is 0 Å². The lowest BCUT2D eigenvalue weighted by Gasteiger charge is -2.17. The van der Waals surface area contributed by atoms with Crippen molar-refractivity contribution in [3.8, 4) is 0 Å². The molecule has 0 bridgehead atoms. The number of amides is 1. The maximum absolute atomic E-state index is 13.0. The predicted octanol–water partition coefficient (Wildman–Crippen LogP) is 4.05. The molecule has 138 valence electrons. The summed E-state index contributed by atoms with van der Waals surface area (Å²) >= 11 is 1.03. The van der Waals surface area contributed by atoms with Crippen LogP contribution in [0.1, 0.15) is 31.5 Å². The molecule has 1 N–H and O–H groups in total. The van der Waals surface area contributed by atoms with E-state index in [0.717, 1.165) is 37.4 Å². The predicted molar refractivity (Wildman–Crippen MR) is 92.6 cm³/mol. The number of benzene rings is 1. The van der Waals surface area contributed by atoms with Gasteiger partial charge < -0.3 is 5.32 Å². The highest BCUT2D eigenvalue weighted by atomic mass is 32.2. The molecule has 2 aliphatic rings. The fourth-order valence-electron chi connectivity index (χ4n) is 3.18. The Kier molecular flexibility index (Phi) is 4.54. The van der Waals surface area contributed by atoms with Crippen LogP contribution < -0.4 is 5.32 Å². The normalized spacial score (nSPS) is 17.7. The van der Waals surface area contributed by atoms with E-state index in [1.165, 1.54) is 6.07 Å². The minimum absolute atomic E-state index is 0.0498. The summed E-state index contributed by atoms with van der Waals surface area (Å²) in [5, 5.41) is 3.79. The van der Waals surface area contributed by atoms with Crippen molar-refractivity contribution in [2.75, 3.05) is 5.75 Å². The third-order valence-corrected chi connectivity index (χ3v) is 5.74. The number of hydrogen-bond donors (Lipinski definition) is 1. The quantitative estimate of drug-likeness (QED) is 0.606. The van der Waals surface area contributed by atoms with Crippen molar-refractivity contribution in [3.63, 3.8) is 0 Å². The molecular formula is C18H18F3N3OS. The van der Waals surface area contributed by atoms with Gasteiger partial charge in [-0.05, 0) is 43.6 Å². The highest BCUT2D eigenvalue weighted by Crippen LogP contribution is 2.44. The fourth-order valence-corrected chi connectivity index (χ4v) is 4.01. The Morgan fingerprint density at radius 3 is 2.42 bits per heavy atom. The number of para-hydroxylation sites is 1. The number of hydrogen-bond acceptors (Lipinski definition) is 4. The van der Waals surface area contributed by atoms with E-state index in [1.807, 2.05) is 0 Å². The van der Waals surface area contributed by atoms with Crippen LogP contribution in [0.4, 0.5) is 13.2 Å². The topological polar surface area (TPSA) is 54.9 Å². The van der Waals surface area contributed by atoms with Crippen LogP contribution in [0.15, 0.2) is 29.3 Å². The molecule has 26 heavy (non-hydrogen) atoms. The molecular weight excluding hydrogens is 363 g/mol. The van der Waals surface area contributed by atoms with E-state index in [9.17, 15) is 18.0 Å². The van der Waals surface area contributed by atoms with Crippen LogP contribution in [0.2, 0.25) is 0 Å². The molecule has 2 saturated carbocycles. The molecule has 2 aromatic rings. The minimum atomic E-state index is -4.62. The summed E-state index contributed by atoms with van der Waals surface area (Å²) < 4.78 is 39.1. The molecule has 1 aromatic heterocycles. The van der Waals surface area contributed by atoms with Crippen molar-refractivity contribution in [2.24, 2.45) is 11.8 Å².